The molecule has 2 aromatic carbocycles. The molecule has 0 saturated carbocycles. The molecule has 0 aliphatic heterocycles. The van der Waals surface area contributed by atoms with Gasteiger partial charge in [0.15, 0.2) is 0 Å². The average molecular weight is 216 g/mol. The zero-order valence-corrected chi connectivity index (χ0v) is 9.62. The van der Waals surface area contributed by atoms with Gasteiger partial charge < -0.3 is 10.2 Å². The monoisotopic (exact) mass is 216 g/mol. The molecule has 2 aromatic rings. The fourth-order valence-corrected chi connectivity index (χ4v) is 1.99. The standard InChI is InChI=1S/C14H16O2/c1-3-9-5-11-6-10(4-2)14(16)8-12(11)7-13(9)15/h5-8,15-16H,3-4H2,1-2H3. The van der Waals surface area contributed by atoms with E-state index in [1.165, 1.54) is 0 Å². The van der Waals surface area contributed by atoms with Crippen molar-refractivity contribution in [2.45, 2.75) is 26.7 Å². The molecule has 16 heavy (non-hydrogen) atoms. The molecule has 2 N–H and O–H groups in total. The van der Waals surface area contributed by atoms with Crippen molar-refractivity contribution in [1.82, 2.24) is 0 Å². The van der Waals surface area contributed by atoms with Crippen molar-refractivity contribution in [3.63, 3.8) is 0 Å². The van der Waals surface area contributed by atoms with Crippen molar-refractivity contribution in [2.75, 3.05) is 0 Å². The van der Waals surface area contributed by atoms with E-state index in [2.05, 4.69) is 0 Å². The Bertz CT molecular complexity index is 485. The number of aromatic hydroxyl groups is 2. The Morgan fingerprint density at radius 1 is 0.750 bits per heavy atom. The molecule has 0 heterocycles. The molecule has 0 amide bonds. The summed E-state index contributed by atoms with van der Waals surface area (Å²) in [7, 11) is 0. The van der Waals surface area contributed by atoms with Crippen molar-refractivity contribution >= 4 is 10.8 Å². The molecule has 2 nitrogen and oxygen atoms in total. The number of rotatable bonds is 2. The summed E-state index contributed by atoms with van der Waals surface area (Å²) < 4.78 is 0. The van der Waals surface area contributed by atoms with E-state index < -0.39 is 0 Å². The molecule has 0 aromatic heterocycles. The van der Waals surface area contributed by atoms with Crippen LogP contribution in [0.2, 0.25) is 0 Å². The lowest BCUT2D eigenvalue weighted by Crippen LogP contribution is -1.86. The SMILES string of the molecule is CCc1cc2cc(CC)c(O)cc2cc1O. The minimum atomic E-state index is 0.304. The van der Waals surface area contributed by atoms with Crippen LogP contribution in [-0.2, 0) is 12.8 Å². The quantitative estimate of drug-likeness (QED) is 0.808. The van der Waals surface area contributed by atoms with Crippen molar-refractivity contribution in [2.24, 2.45) is 0 Å². The van der Waals surface area contributed by atoms with Gasteiger partial charge >= 0.3 is 0 Å². The van der Waals surface area contributed by atoms with Crippen molar-refractivity contribution < 1.29 is 10.2 Å². The maximum absolute atomic E-state index is 9.74. The predicted molar refractivity (Wildman–Crippen MR) is 66.0 cm³/mol. The van der Waals surface area contributed by atoms with Gasteiger partial charge in [-0.1, -0.05) is 13.8 Å². The van der Waals surface area contributed by atoms with Crippen LogP contribution in [0, 0.1) is 0 Å². The third-order valence-corrected chi connectivity index (χ3v) is 3.00. The second kappa shape index (κ2) is 4.05. The molecular formula is C14H16O2. The molecule has 0 aliphatic rings. The van der Waals surface area contributed by atoms with Crippen LogP contribution in [0.25, 0.3) is 10.8 Å². The van der Waals surface area contributed by atoms with Crippen molar-refractivity contribution in [3.05, 3.63) is 35.4 Å². The van der Waals surface area contributed by atoms with Crippen LogP contribution in [0.1, 0.15) is 25.0 Å². The van der Waals surface area contributed by atoms with Gasteiger partial charge in [0.25, 0.3) is 0 Å². The van der Waals surface area contributed by atoms with Gasteiger partial charge in [-0.3, -0.25) is 0 Å². The van der Waals surface area contributed by atoms with Crippen LogP contribution in [-0.4, -0.2) is 10.2 Å². The largest absolute Gasteiger partial charge is 0.508 e. The summed E-state index contributed by atoms with van der Waals surface area (Å²) in [6, 6.07) is 7.41. The van der Waals surface area contributed by atoms with Gasteiger partial charge in [0.1, 0.15) is 11.5 Å². The number of phenols is 2. The van der Waals surface area contributed by atoms with Gasteiger partial charge in [-0.25, -0.2) is 0 Å². The van der Waals surface area contributed by atoms with Gasteiger partial charge in [0.05, 0.1) is 0 Å². The van der Waals surface area contributed by atoms with Crippen LogP contribution in [0.3, 0.4) is 0 Å². The molecule has 0 bridgehead atoms. The Kier molecular flexibility index (Phi) is 2.73. The van der Waals surface area contributed by atoms with Crippen LogP contribution in [0.15, 0.2) is 24.3 Å². The molecular weight excluding hydrogens is 200 g/mol. The summed E-state index contributed by atoms with van der Waals surface area (Å²) in [5.74, 6) is 0.609. The van der Waals surface area contributed by atoms with Crippen LogP contribution in [0.4, 0.5) is 0 Å². The van der Waals surface area contributed by atoms with Gasteiger partial charge in [0.2, 0.25) is 0 Å². The van der Waals surface area contributed by atoms with E-state index >= 15 is 0 Å². The number of hydrogen-bond donors (Lipinski definition) is 2. The highest BCUT2D eigenvalue weighted by Gasteiger charge is 2.06. The Hall–Kier alpha value is -1.70. The molecule has 2 rings (SSSR count). The van der Waals surface area contributed by atoms with Crippen LogP contribution < -0.4 is 0 Å². The first-order valence-corrected chi connectivity index (χ1v) is 5.63. The molecule has 0 atom stereocenters. The Labute approximate surface area is 95.2 Å². The maximum atomic E-state index is 9.74. The molecule has 0 spiro atoms. The maximum Gasteiger partial charge on any atom is 0.119 e. The van der Waals surface area contributed by atoms with Crippen LogP contribution in [0.5, 0.6) is 11.5 Å². The highest BCUT2D eigenvalue weighted by Crippen LogP contribution is 2.30. The molecule has 0 aliphatic carbocycles. The number of aryl methyl sites for hydroxylation is 2. The van der Waals surface area contributed by atoms with E-state index in [9.17, 15) is 10.2 Å². The smallest absolute Gasteiger partial charge is 0.119 e. The Balaban J connectivity index is 2.71. The van der Waals surface area contributed by atoms with E-state index in [1.54, 1.807) is 12.1 Å². The summed E-state index contributed by atoms with van der Waals surface area (Å²) >= 11 is 0. The van der Waals surface area contributed by atoms with E-state index in [0.717, 1.165) is 34.7 Å². The molecule has 0 saturated heterocycles. The molecule has 84 valence electrons. The summed E-state index contributed by atoms with van der Waals surface area (Å²) in [5.41, 5.74) is 1.89. The fourth-order valence-electron chi connectivity index (χ4n) is 1.99. The minimum Gasteiger partial charge on any atom is -0.508 e. The summed E-state index contributed by atoms with van der Waals surface area (Å²) in [6.07, 6.45) is 1.62. The van der Waals surface area contributed by atoms with E-state index in [0.29, 0.717) is 11.5 Å². The number of benzene rings is 2. The van der Waals surface area contributed by atoms with E-state index in [1.807, 2.05) is 26.0 Å². The molecule has 0 radical (unpaired) electrons. The number of phenolic OH excluding ortho intramolecular Hbond substituents is 2. The highest BCUT2D eigenvalue weighted by molar-refractivity contribution is 5.87. The lowest BCUT2D eigenvalue weighted by molar-refractivity contribution is 0.468. The molecule has 2 heteroatoms. The van der Waals surface area contributed by atoms with Crippen LogP contribution >= 0.6 is 0 Å². The molecule has 0 fully saturated rings. The summed E-state index contributed by atoms with van der Waals surface area (Å²) in [5, 5.41) is 21.4. The normalized spacial score (nSPS) is 10.9. The van der Waals surface area contributed by atoms with Gasteiger partial charge in [-0.2, -0.15) is 0 Å². The van der Waals surface area contributed by atoms with Gasteiger partial charge in [-0.15, -0.1) is 0 Å². The zero-order chi connectivity index (χ0) is 11.7. The lowest BCUT2D eigenvalue weighted by Gasteiger charge is -2.08. The number of fused-ring (bicyclic) bond motifs is 1. The second-order valence-electron chi connectivity index (χ2n) is 4.02. The topological polar surface area (TPSA) is 40.5 Å². The van der Waals surface area contributed by atoms with Crippen molar-refractivity contribution in [3.8, 4) is 11.5 Å². The van der Waals surface area contributed by atoms with E-state index in [-0.39, 0.29) is 0 Å². The summed E-state index contributed by atoms with van der Waals surface area (Å²) in [4.78, 5) is 0. The first-order chi connectivity index (χ1) is 7.65. The van der Waals surface area contributed by atoms with Crippen molar-refractivity contribution in [1.29, 1.82) is 0 Å². The molecule has 0 unspecified atom stereocenters. The Morgan fingerprint density at radius 3 is 1.50 bits per heavy atom. The average Bonchev–Trinajstić information content (AvgIpc) is 2.27. The van der Waals surface area contributed by atoms with Gasteiger partial charge in [-0.05, 0) is 59.0 Å². The minimum absolute atomic E-state index is 0.304. The zero-order valence-electron chi connectivity index (χ0n) is 9.62. The first-order valence-electron chi connectivity index (χ1n) is 5.63. The van der Waals surface area contributed by atoms with E-state index in [4.69, 9.17) is 0 Å². The number of hydrogen-bond acceptors (Lipinski definition) is 2. The predicted octanol–water partition coefficient (Wildman–Crippen LogP) is 3.38. The summed E-state index contributed by atoms with van der Waals surface area (Å²) in [6.45, 7) is 4.03. The Morgan fingerprint density at radius 2 is 1.12 bits per heavy atom. The highest BCUT2D eigenvalue weighted by atomic mass is 16.3. The third kappa shape index (κ3) is 1.71. The van der Waals surface area contributed by atoms with Gasteiger partial charge in [0, 0.05) is 0 Å². The first kappa shape index (κ1) is 10.8. The fraction of sp³-hybridized carbons (Fsp3) is 0.286. The third-order valence-electron chi connectivity index (χ3n) is 3.00. The second-order valence-corrected chi connectivity index (χ2v) is 4.02. The lowest BCUT2D eigenvalue weighted by atomic mass is 10.0.